The molecule has 0 spiro atoms. The topological polar surface area (TPSA) is 96.9 Å². The molecule has 0 fully saturated rings. The first-order chi connectivity index (χ1) is 9.58. The first kappa shape index (κ1) is 14.1. The minimum Gasteiger partial charge on any atom is -0.497 e. The highest BCUT2D eigenvalue weighted by molar-refractivity contribution is 6.35. The molecule has 1 aromatic carbocycles. The molecule has 7 heteroatoms. The molecule has 0 saturated heterocycles. The van der Waals surface area contributed by atoms with Gasteiger partial charge >= 0.3 is 0 Å². The van der Waals surface area contributed by atoms with E-state index in [2.05, 4.69) is 15.3 Å². The van der Waals surface area contributed by atoms with Crippen LogP contribution in [0.4, 0.5) is 11.6 Å². The molecule has 0 bridgehead atoms. The van der Waals surface area contributed by atoms with Gasteiger partial charge in [-0.05, 0) is 18.2 Å². The lowest BCUT2D eigenvalue weighted by Crippen LogP contribution is -2.12. The number of methoxy groups -OCH3 is 1. The van der Waals surface area contributed by atoms with Gasteiger partial charge in [0, 0.05) is 12.6 Å². The number of aromatic nitrogens is 2. The van der Waals surface area contributed by atoms with E-state index in [0.29, 0.717) is 27.7 Å². The molecule has 1 aromatic heterocycles. The molecule has 0 atom stereocenters. The summed E-state index contributed by atoms with van der Waals surface area (Å²) in [5.41, 5.74) is 6.90. The van der Waals surface area contributed by atoms with Crippen LogP contribution in [0.15, 0.2) is 24.5 Å². The molecule has 20 heavy (non-hydrogen) atoms. The number of rotatable bonds is 4. The van der Waals surface area contributed by atoms with Gasteiger partial charge in [0.05, 0.1) is 23.4 Å². The summed E-state index contributed by atoms with van der Waals surface area (Å²) in [5.74, 6) is 1.30. The number of nitrogens with zero attached hydrogens (tertiary/aromatic N) is 2. The monoisotopic (exact) mass is 291 g/mol. The van der Waals surface area contributed by atoms with Gasteiger partial charge in [-0.3, -0.25) is 5.41 Å². The van der Waals surface area contributed by atoms with Crippen LogP contribution in [0.2, 0.25) is 5.02 Å². The van der Waals surface area contributed by atoms with Crippen LogP contribution < -0.4 is 15.8 Å². The Balaban J connectivity index is 2.57. The van der Waals surface area contributed by atoms with Crippen molar-refractivity contribution in [3.8, 4) is 5.75 Å². The van der Waals surface area contributed by atoms with Crippen LogP contribution in [-0.2, 0) is 0 Å². The largest absolute Gasteiger partial charge is 0.497 e. The third-order valence-electron chi connectivity index (χ3n) is 2.81. The van der Waals surface area contributed by atoms with Gasteiger partial charge in [0.15, 0.2) is 0 Å². The van der Waals surface area contributed by atoms with Crippen molar-refractivity contribution in [2.24, 2.45) is 0 Å². The SMILES string of the molecule is CNc1ncnc(N)c1C(=N)c1cc(OC)ccc1Cl. The van der Waals surface area contributed by atoms with Crippen LogP contribution in [0.3, 0.4) is 0 Å². The van der Waals surface area contributed by atoms with E-state index in [1.807, 2.05) is 0 Å². The Morgan fingerprint density at radius 1 is 1.40 bits per heavy atom. The molecule has 0 aliphatic carbocycles. The average Bonchev–Trinajstić information content (AvgIpc) is 2.46. The van der Waals surface area contributed by atoms with Gasteiger partial charge in [-0.1, -0.05) is 11.6 Å². The van der Waals surface area contributed by atoms with Crippen molar-refractivity contribution in [3.63, 3.8) is 0 Å². The Hall–Kier alpha value is -2.34. The second-order valence-corrected chi connectivity index (χ2v) is 4.36. The van der Waals surface area contributed by atoms with Crippen LogP contribution in [-0.4, -0.2) is 29.8 Å². The lowest BCUT2D eigenvalue weighted by Gasteiger charge is -2.13. The minimum absolute atomic E-state index is 0.136. The fraction of sp³-hybridized carbons (Fsp3) is 0.154. The first-order valence-corrected chi connectivity index (χ1v) is 6.17. The number of ether oxygens (including phenoxy) is 1. The molecule has 0 amide bonds. The van der Waals surface area contributed by atoms with Crippen molar-refractivity contribution in [2.75, 3.05) is 25.2 Å². The van der Waals surface area contributed by atoms with E-state index in [0.717, 1.165) is 0 Å². The van der Waals surface area contributed by atoms with Gasteiger partial charge in [0.1, 0.15) is 23.7 Å². The van der Waals surface area contributed by atoms with Gasteiger partial charge in [-0.25, -0.2) is 9.97 Å². The molecule has 104 valence electrons. The van der Waals surface area contributed by atoms with E-state index in [9.17, 15) is 0 Å². The summed E-state index contributed by atoms with van der Waals surface area (Å²) in [5, 5.41) is 11.6. The molecular formula is C13H14ClN5O. The third kappa shape index (κ3) is 2.50. The van der Waals surface area contributed by atoms with Crippen LogP contribution >= 0.6 is 11.6 Å². The zero-order valence-electron chi connectivity index (χ0n) is 11.1. The summed E-state index contributed by atoms with van der Waals surface area (Å²) in [6.07, 6.45) is 1.34. The average molecular weight is 292 g/mol. The summed E-state index contributed by atoms with van der Waals surface area (Å²) in [6.45, 7) is 0. The number of nitrogen functional groups attached to an aromatic ring is 1. The van der Waals surface area contributed by atoms with Crippen molar-refractivity contribution >= 4 is 28.9 Å². The molecule has 2 aromatic rings. The van der Waals surface area contributed by atoms with E-state index in [1.165, 1.54) is 6.33 Å². The van der Waals surface area contributed by atoms with Crippen LogP contribution in [0.5, 0.6) is 5.75 Å². The van der Waals surface area contributed by atoms with E-state index in [4.69, 9.17) is 27.5 Å². The maximum Gasteiger partial charge on any atom is 0.140 e. The number of nitrogens with one attached hydrogen (secondary N) is 2. The molecule has 1 heterocycles. The van der Waals surface area contributed by atoms with E-state index < -0.39 is 0 Å². The molecule has 0 unspecified atom stereocenters. The second-order valence-electron chi connectivity index (χ2n) is 3.95. The molecular weight excluding hydrogens is 278 g/mol. The fourth-order valence-corrected chi connectivity index (χ4v) is 2.00. The second kappa shape index (κ2) is 5.75. The summed E-state index contributed by atoms with van der Waals surface area (Å²) in [4.78, 5) is 7.98. The quantitative estimate of drug-likeness (QED) is 0.750. The van der Waals surface area contributed by atoms with Gasteiger partial charge in [0.2, 0.25) is 0 Å². The highest BCUT2D eigenvalue weighted by Crippen LogP contribution is 2.28. The number of hydrogen-bond acceptors (Lipinski definition) is 6. The zero-order valence-corrected chi connectivity index (χ0v) is 11.8. The highest BCUT2D eigenvalue weighted by Gasteiger charge is 2.18. The lowest BCUT2D eigenvalue weighted by molar-refractivity contribution is 0.414. The van der Waals surface area contributed by atoms with Crippen molar-refractivity contribution in [2.45, 2.75) is 0 Å². The molecule has 0 aliphatic rings. The number of benzene rings is 1. The van der Waals surface area contributed by atoms with Crippen molar-refractivity contribution in [1.29, 1.82) is 5.41 Å². The number of halogens is 1. The van der Waals surface area contributed by atoms with Crippen LogP contribution in [0.25, 0.3) is 0 Å². The van der Waals surface area contributed by atoms with Crippen LogP contribution in [0.1, 0.15) is 11.1 Å². The van der Waals surface area contributed by atoms with E-state index >= 15 is 0 Å². The molecule has 0 radical (unpaired) electrons. The van der Waals surface area contributed by atoms with Crippen molar-refractivity contribution in [3.05, 3.63) is 40.7 Å². The van der Waals surface area contributed by atoms with Crippen LogP contribution in [0, 0.1) is 5.41 Å². The van der Waals surface area contributed by atoms with E-state index in [1.54, 1.807) is 32.4 Å². The molecule has 4 N–H and O–H groups in total. The lowest BCUT2D eigenvalue weighted by atomic mass is 10.0. The Morgan fingerprint density at radius 3 is 2.80 bits per heavy atom. The molecule has 6 nitrogen and oxygen atoms in total. The van der Waals surface area contributed by atoms with Crippen molar-refractivity contribution < 1.29 is 4.74 Å². The van der Waals surface area contributed by atoms with Crippen molar-refractivity contribution in [1.82, 2.24) is 9.97 Å². The standard InChI is InChI=1S/C13H14ClN5O/c1-17-13-10(12(16)18-6-19-13)11(15)8-5-7(20-2)3-4-9(8)14/h3-6,15H,1-2H3,(H3,16,17,18,19). The summed E-state index contributed by atoms with van der Waals surface area (Å²) in [6, 6.07) is 5.07. The predicted octanol–water partition coefficient (Wildman–Crippen LogP) is 2.18. The molecule has 2 rings (SSSR count). The summed E-state index contributed by atoms with van der Waals surface area (Å²) in [7, 11) is 3.25. The van der Waals surface area contributed by atoms with Gasteiger partial charge in [0.25, 0.3) is 0 Å². The Bertz CT molecular complexity index is 659. The summed E-state index contributed by atoms with van der Waals surface area (Å²) >= 11 is 6.15. The van der Waals surface area contributed by atoms with Gasteiger partial charge in [-0.2, -0.15) is 0 Å². The number of anilines is 2. The minimum atomic E-state index is 0.136. The molecule has 0 aliphatic heterocycles. The zero-order chi connectivity index (χ0) is 14.7. The maximum absolute atomic E-state index is 8.33. The summed E-state index contributed by atoms with van der Waals surface area (Å²) < 4.78 is 5.15. The van der Waals surface area contributed by atoms with Gasteiger partial charge < -0.3 is 15.8 Å². The van der Waals surface area contributed by atoms with Gasteiger partial charge in [-0.15, -0.1) is 0 Å². The Morgan fingerprint density at radius 2 is 2.15 bits per heavy atom. The predicted molar refractivity (Wildman–Crippen MR) is 79.9 cm³/mol. The highest BCUT2D eigenvalue weighted by atomic mass is 35.5. The van der Waals surface area contributed by atoms with E-state index in [-0.39, 0.29) is 11.5 Å². The molecule has 0 saturated carbocycles. The third-order valence-corrected chi connectivity index (χ3v) is 3.14. The smallest absolute Gasteiger partial charge is 0.140 e. The number of nitrogens with two attached hydrogens (primary N) is 1. The Kier molecular flexibility index (Phi) is 4.05. The maximum atomic E-state index is 8.33. The fourth-order valence-electron chi connectivity index (χ4n) is 1.79. The first-order valence-electron chi connectivity index (χ1n) is 5.79. The normalized spacial score (nSPS) is 10.2. The Labute approximate surface area is 121 Å². The number of hydrogen-bond donors (Lipinski definition) is 3.